The maximum Gasteiger partial charge on any atom is 0.0933 e. The molecule has 1 spiro atoms. The summed E-state index contributed by atoms with van der Waals surface area (Å²) in [5.41, 5.74) is 4.37. The van der Waals surface area contributed by atoms with Gasteiger partial charge in [0.05, 0.1) is 24.1 Å². The largest absolute Gasteiger partial charge is 0.0958 e. The third-order valence-corrected chi connectivity index (χ3v) is 11.7. The summed E-state index contributed by atoms with van der Waals surface area (Å²) in [4.78, 5) is 0. The van der Waals surface area contributed by atoms with Crippen molar-refractivity contribution in [2.45, 2.75) is 51.1 Å². The van der Waals surface area contributed by atoms with E-state index >= 15 is 0 Å². The molecule has 2 heterocycles. The summed E-state index contributed by atoms with van der Waals surface area (Å²) < 4.78 is 0. The van der Waals surface area contributed by atoms with E-state index in [-0.39, 0.29) is 7.26 Å². The average molecular weight is 275 g/mol. The molecule has 2 aliphatic heterocycles. The van der Waals surface area contributed by atoms with E-state index in [9.17, 15) is 0 Å². The fourth-order valence-corrected chi connectivity index (χ4v) is 11.0. The Morgan fingerprint density at radius 3 is 2.68 bits per heavy atom. The number of fused-ring (bicyclic) bond motifs is 3. The van der Waals surface area contributed by atoms with Gasteiger partial charge in [0.1, 0.15) is 0 Å². The molecule has 0 amide bonds. The molecule has 0 aromatic heterocycles. The van der Waals surface area contributed by atoms with Gasteiger partial charge in [-0.15, -0.1) is 0 Å². The first-order valence-electron chi connectivity index (χ1n) is 8.47. The molecule has 0 radical (unpaired) electrons. The van der Waals surface area contributed by atoms with E-state index in [1.807, 2.05) is 0 Å². The minimum absolute atomic E-state index is 0.382. The Morgan fingerprint density at radius 1 is 1.11 bits per heavy atom. The SMILES string of the molecule is C=C1C=C2CCC3C(CC[P+]4(CC4)C3CC)C2CC1. The molecule has 104 valence electrons. The fourth-order valence-electron chi connectivity index (χ4n) is 5.81. The van der Waals surface area contributed by atoms with E-state index in [0.29, 0.717) is 0 Å². The Kier molecular flexibility index (Phi) is 2.96. The third-order valence-electron chi connectivity index (χ3n) is 6.80. The summed E-state index contributed by atoms with van der Waals surface area (Å²) in [7, 11) is -0.382. The Labute approximate surface area is 119 Å². The van der Waals surface area contributed by atoms with Crippen molar-refractivity contribution in [2.75, 3.05) is 18.5 Å². The second-order valence-corrected chi connectivity index (χ2v) is 12.0. The highest BCUT2D eigenvalue weighted by Crippen LogP contribution is 2.81. The lowest BCUT2D eigenvalue weighted by Gasteiger charge is -2.48. The van der Waals surface area contributed by atoms with E-state index in [4.69, 9.17) is 0 Å². The van der Waals surface area contributed by atoms with Gasteiger partial charge in [0.2, 0.25) is 0 Å². The molecule has 4 aliphatic rings. The van der Waals surface area contributed by atoms with Crippen molar-refractivity contribution in [3.8, 4) is 0 Å². The Balaban J connectivity index is 1.62. The van der Waals surface area contributed by atoms with Crippen LogP contribution in [-0.2, 0) is 0 Å². The molecule has 4 rings (SSSR count). The van der Waals surface area contributed by atoms with Gasteiger partial charge in [0, 0.05) is 7.26 Å². The molecule has 2 aliphatic carbocycles. The van der Waals surface area contributed by atoms with Crippen molar-refractivity contribution in [3.63, 3.8) is 0 Å². The minimum atomic E-state index is -0.382. The van der Waals surface area contributed by atoms with Crippen LogP contribution < -0.4 is 0 Å². The van der Waals surface area contributed by atoms with Gasteiger partial charge in [0.25, 0.3) is 0 Å². The van der Waals surface area contributed by atoms with Crippen LogP contribution in [0.5, 0.6) is 0 Å². The second-order valence-electron chi connectivity index (χ2n) is 7.54. The van der Waals surface area contributed by atoms with Crippen molar-refractivity contribution in [1.82, 2.24) is 0 Å². The monoisotopic (exact) mass is 275 g/mol. The van der Waals surface area contributed by atoms with E-state index in [2.05, 4.69) is 19.6 Å². The summed E-state index contributed by atoms with van der Waals surface area (Å²) in [5.74, 6) is 3.13. The van der Waals surface area contributed by atoms with E-state index in [1.165, 1.54) is 43.3 Å². The topological polar surface area (TPSA) is 0 Å². The van der Waals surface area contributed by atoms with Gasteiger partial charge in [-0.1, -0.05) is 30.7 Å². The molecule has 19 heavy (non-hydrogen) atoms. The molecular formula is C18H28P+. The van der Waals surface area contributed by atoms with Crippen LogP contribution in [0.2, 0.25) is 0 Å². The maximum atomic E-state index is 4.20. The zero-order chi connectivity index (χ0) is 13.0. The molecule has 3 fully saturated rings. The zero-order valence-electron chi connectivity index (χ0n) is 12.4. The first kappa shape index (κ1) is 12.6. The van der Waals surface area contributed by atoms with Crippen molar-refractivity contribution in [3.05, 3.63) is 23.8 Å². The van der Waals surface area contributed by atoms with Crippen LogP contribution in [0, 0.1) is 17.8 Å². The molecular weight excluding hydrogens is 247 g/mol. The fraction of sp³-hybridized carbons (Fsp3) is 0.778. The van der Waals surface area contributed by atoms with Gasteiger partial charge in [-0.05, 0) is 56.3 Å². The number of hydrogen-bond acceptors (Lipinski definition) is 0. The molecule has 0 nitrogen and oxygen atoms in total. The zero-order valence-corrected chi connectivity index (χ0v) is 13.3. The predicted octanol–water partition coefficient (Wildman–Crippen LogP) is 5.12. The quantitative estimate of drug-likeness (QED) is 0.583. The number of rotatable bonds is 1. The predicted molar refractivity (Wildman–Crippen MR) is 86.4 cm³/mol. The van der Waals surface area contributed by atoms with Crippen molar-refractivity contribution in [1.29, 1.82) is 0 Å². The van der Waals surface area contributed by atoms with Crippen molar-refractivity contribution < 1.29 is 0 Å². The van der Waals surface area contributed by atoms with Gasteiger partial charge in [0.15, 0.2) is 0 Å². The van der Waals surface area contributed by atoms with Gasteiger partial charge in [-0.2, -0.15) is 0 Å². The van der Waals surface area contributed by atoms with Gasteiger partial charge in [-0.25, -0.2) is 0 Å². The van der Waals surface area contributed by atoms with Crippen LogP contribution in [0.1, 0.15) is 45.4 Å². The molecule has 0 aromatic carbocycles. The van der Waals surface area contributed by atoms with Crippen LogP contribution in [0.3, 0.4) is 0 Å². The third kappa shape index (κ3) is 1.90. The Hall–Kier alpha value is -0.0900. The number of allylic oxidation sites excluding steroid dienone is 3. The van der Waals surface area contributed by atoms with E-state index in [0.717, 1.165) is 17.8 Å². The highest BCUT2D eigenvalue weighted by atomic mass is 31.2. The van der Waals surface area contributed by atoms with Crippen LogP contribution in [0.4, 0.5) is 0 Å². The minimum Gasteiger partial charge on any atom is -0.0958 e. The van der Waals surface area contributed by atoms with Crippen molar-refractivity contribution in [2.24, 2.45) is 17.8 Å². The first-order chi connectivity index (χ1) is 9.23. The van der Waals surface area contributed by atoms with Gasteiger partial charge < -0.3 is 0 Å². The average Bonchev–Trinajstić information content (AvgIpc) is 3.18. The lowest BCUT2D eigenvalue weighted by atomic mass is 9.63. The highest BCUT2D eigenvalue weighted by molar-refractivity contribution is 7.83. The molecule has 4 atom stereocenters. The summed E-state index contributed by atoms with van der Waals surface area (Å²) in [6.07, 6.45) is 16.2. The van der Waals surface area contributed by atoms with Crippen molar-refractivity contribution >= 4 is 7.26 Å². The molecule has 0 bridgehead atoms. The van der Waals surface area contributed by atoms with Crippen LogP contribution >= 0.6 is 7.26 Å². The standard InChI is InChI=1S/C18H28P/c1-3-18-17-7-5-14-12-13(2)4-6-15(14)16(17)8-9-19(18)10-11-19/h12,15-18H,2-11H2,1H3/q+1. The molecule has 1 heteroatoms. The lowest BCUT2D eigenvalue weighted by molar-refractivity contribution is 0.168. The van der Waals surface area contributed by atoms with Crippen LogP contribution in [0.25, 0.3) is 0 Å². The second kappa shape index (κ2) is 4.45. The first-order valence-corrected chi connectivity index (χ1v) is 10.9. The van der Waals surface area contributed by atoms with Gasteiger partial charge in [-0.3, -0.25) is 0 Å². The van der Waals surface area contributed by atoms with Gasteiger partial charge >= 0.3 is 0 Å². The lowest BCUT2D eigenvalue weighted by Crippen LogP contribution is -2.41. The highest BCUT2D eigenvalue weighted by Gasteiger charge is 2.63. The summed E-state index contributed by atoms with van der Waals surface area (Å²) >= 11 is 0. The normalized spacial score (nSPS) is 43.4. The summed E-state index contributed by atoms with van der Waals surface area (Å²) in [6, 6.07) is 0. The van der Waals surface area contributed by atoms with E-state index < -0.39 is 0 Å². The molecule has 0 N–H and O–H groups in total. The maximum absolute atomic E-state index is 4.20. The van der Waals surface area contributed by atoms with Crippen LogP contribution in [-0.4, -0.2) is 24.1 Å². The van der Waals surface area contributed by atoms with Crippen LogP contribution in [0.15, 0.2) is 23.8 Å². The molecule has 0 aromatic rings. The Bertz CT molecular complexity index is 429. The molecule has 1 saturated carbocycles. The summed E-state index contributed by atoms with van der Waals surface area (Å²) in [6.45, 7) is 6.69. The van der Waals surface area contributed by atoms with E-state index in [1.54, 1.807) is 30.5 Å². The smallest absolute Gasteiger partial charge is 0.0933 e. The summed E-state index contributed by atoms with van der Waals surface area (Å²) in [5, 5.41) is 0. The number of hydrogen-bond donors (Lipinski definition) is 0. The molecule has 4 unspecified atom stereocenters. The molecule has 2 saturated heterocycles. The Morgan fingerprint density at radius 2 is 1.95 bits per heavy atom.